The molecule has 1 aliphatic heterocycles. The summed E-state index contributed by atoms with van der Waals surface area (Å²) in [6.07, 6.45) is 1.57. The fraction of sp³-hybridized carbons (Fsp3) is 0.0476. The van der Waals surface area contributed by atoms with Gasteiger partial charge < -0.3 is 20.2 Å². The zero-order valence-corrected chi connectivity index (χ0v) is 16.8. The molecule has 152 valence electrons. The zero-order chi connectivity index (χ0) is 21.3. The highest BCUT2D eigenvalue weighted by molar-refractivity contribution is 8.05. The van der Waals surface area contributed by atoms with Crippen molar-refractivity contribution in [2.75, 3.05) is 5.32 Å². The summed E-state index contributed by atoms with van der Waals surface area (Å²) in [5.74, 6) is -1.01. The van der Waals surface area contributed by atoms with Gasteiger partial charge in [0, 0.05) is 11.6 Å². The summed E-state index contributed by atoms with van der Waals surface area (Å²) in [5, 5.41) is 15.0. The number of hydrogen-bond donors (Lipinski definition) is 3. The van der Waals surface area contributed by atoms with Gasteiger partial charge in [-0.15, -0.1) is 0 Å². The van der Waals surface area contributed by atoms with Crippen LogP contribution in [0, 0.1) is 5.82 Å². The molecule has 1 aliphatic rings. The topological polar surface area (TPSA) is 91.6 Å². The van der Waals surface area contributed by atoms with Gasteiger partial charge in [0.25, 0.3) is 5.91 Å². The van der Waals surface area contributed by atoms with Gasteiger partial charge in [-0.3, -0.25) is 4.79 Å². The number of thioether (sulfide) groups is 1. The average Bonchev–Trinajstić information content (AvgIpc) is 3.31. The van der Waals surface area contributed by atoms with Crippen molar-refractivity contribution in [3.8, 4) is 11.3 Å². The van der Waals surface area contributed by atoms with Crippen molar-refractivity contribution in [3.05, 3.63) is 81.7 Å². The van der Waals surface area contributed by atoms with E-state index in [9.17, 15) is 19.1 Å². The molecule has 3 N–H and O–H groups in total. The average molecular weight is 445 g/mol. The molecule has 0 radical (unpaired) electrons. The van der Waals surface area contributed by atoms with Gasteiger partial charge in [0.1, 0.15) is 17.3 Å². The normalized spacial score (nSPS) is 17.2. The minimum absolute atomic E-state index is 0.0294. The highest BCUT2D eigenvalue weighted by Gasteiger charge is 2.28. The van der Waals surface area contributed by atoms with Gasteiger partial charge in [0.05, 0.1) is 21.2 Å². The van der Waals surface area contributed by atoms with E-state index in [0.29, 0.717) is 22.0 Å². The van der Waals surface area contributed by atoms with Crippen molar-refractivity contribution in [2.24, 2.45) is 0 Å². The first-order chi connectivity index (χ1) is 14.4. The van der Waals surface area contributed by atoms with Crippen LogP contribution in [0.15, 0.2) is 63.9 Å². The summed E-state index contributed by atoms with van der Waals surface area (Å²) in [6.45, 7) is 0. The third-order valence-corrected chi connectivity index (χ3v) is 5.63. The van der Waals surface area contributed by atoms with E-state index in [1.165, 1.54) is 30.0 Å². The van der Waals surface area contributed by atoms with Crippen LogP contribution in [-0.2, 0) is 4.79 Å². The number of nitrogens with one attached hydrogen (secondary N) is 2. The van der Waals surface area contributed by atoms with Crippen molar-refractivity contribution in [2.45, 2.75) is 5.50 Å². The van der Waals surface area contributed by atoms with E-state index in [1.54, 1.807) is 42.5 Å². The van der Waals surface area contributed by atoms with Crippen molar-refractivity contribution in [1.29, 1.82) is 0 Å². The summed E-state index contributed by atoms with van der Waals surface area (Å²) in [4.78, 5) is 23.9. The van der Waals surface area contributed by atoms with Gasteiger partial charge in [-0.1, -0.05) is 35.5 Å². The number of anilines is 1. The van der Waals surface area contributed by atoms with E-state index in [4.69, 9.17) is 16.0 Å². The predicted molar refractivity (Wildman–Crippen MR) is 114 cm³/mol. The molecule has 9 heteroatoms. The number of rotatable bonds is 5. The summed E-state index contributed by atoms with van der Waals surface area (Å²) in [5.41, 5.74) is 0.278. The van der Waals surface area contributed by atoms with Crippen molar-refractivity contribution in [1.82, 2.24) is 5.32 Å². The number of carbonyl (C=O) groups excluding carboxylic acids is 1. The number of aromatic carboxylic acids is 1. The molecule has 3 aromatic rings. The maximum atomic E-state index is 13.8. The molecule has 0 bridgehead atoms. The minimum atomic E-state index is -1.14. The lowest BCUT2D eigenvalue weighted by Gasteiger charge is -2.12. The summed E-state index contributed by atoms with van der Waals surface area (Å²) >= 11 is 7.10. The minimum Gasteiger partial charge on any atom is -0.478 e. The second kappa shape index (κ2) is 8.25. The molecule has 1 saturated heterocycles. The van der Waals surface area contributed by atoms with Crippen LogP contribution in [0.2, 0.25) is 5.02 Å². The van der Waals surface area contributed by atoms with E-state index < -0.39 is 17.3 Å². The molecule has 0 saturated carbocycles. The Bertz CT molecular complexity index is 1180. The van der Waals surface area contributed by atoms with Gasteiger partial charge in [0.2, 0.25) is 0 Å². The molecule has 1 fully saturated rings. The second-order valence-electron chi connectivity index (χ2n) is 6.31. The molecule has 0 spiro atoms. The van der Waals surface area contributed by atoms with Crippen molar-refractivity contribution >= 4 is 47.0 Å². The van der Waals surface area contributed by atoms with Gasteiger partial charge in [0.15, 0.2) is 5.50 Å². The standard InChI is InChI=1S/C21H14ClFN2O4S/c22-14-7-5-11(9-13(14)20(27)28)17-8-6-12(29-17)10-18-19(26)25-21(30-18)24-16-4-2-1-3-15(16)23/h1-10,21,24H,(H,25,26)(H,27,28)/b18-10-. The molecular formula is C21H14ClFN2O4S. The van der Waals surface area contributed by atoms with E-state index in [0.717, 1.165) is 0 Å². The largest absolute Gasteiger partial charge is 0.478 e. The Morgan fingerprint density at radius 3 is 2.80 bits per heavy atom. The van der Waals surface area contributed by atoms with E-state index in [1.807, 2.05) is 0 Å². The number of halogens is 2. The number of benzene rings is 2. The lowest BCUT2D eigenvalue weighted by molar-refractivity contribution is -0.116. The third-order valence-electron chi connectivity index (χ3n) is 4.27. The van der Waals surface area contributed by atoms with Gasteiger partial charge in [-0.2, -0.15) is 0 Å². The highest BCUT2D eigenvalue weighted by atomic mass is 35.5. The molecule has 0 aliphatic carbocycles. The molecule has 6 nitrogen and oxygen atoms in total. The maximum absolute atomic E-state index is 13.8. The number of furan rings is 1. The Balaban J connectivity index is 1.52. The smallest absolute Gasteiger partial charge is 0.337 e. The lowest BCUT2D eigenvalue weighted by Crippen LogP contribution is -2.31. The molecule has 2 aromatic carbocycles. The lowest BCUT2D eigenvalue weighted by atomic mass is 10.1. The Hall–Kier alpha value is -3.23. The Morgan fingerprint density at radius 2 is 2.03 bits per heavy atom. The molecular weight excluding hydrogens is 431 g/mol. The summed E-state index contributed by atoms with van der Waals surface area (Å²) < 4.78 is 19.5. The van der Waals surface area contributed by atoms with Crippen molar-refractivity contribution in [3.63, 3.8) is 0 Å². The van der Waals surface area contributed by atoms with Crippen LogP contribution >= 0.6 is 23.4 Å². The van der Waals surface area contributed by atoms with Crippen LogP contribution in [0.1, 0.15) is 16.1 Å². The summed E-state index contributed by atoms with van der Waals surface area (Å²) in [6, 6.07) is 14.1. The van der Waals surface area contributed by atoms with Crippen LogP contribution in [-0.4, -0.2) is 22.5 Å². The second-order valence-corrected chi connectivity index (χ2v) is 7.86. The van der Waals surface area contributed by atoms with E-state index in [2.05, 4.69) is 10.6 Å². The third kappa shape index (κ3) is 4.19. The van der Waals surface area contributed by atoms with E-state index >= 15 is 0 Å². The van der Waals surface area contributed by atoms with Gasteiger partial charge >= 0.3 is 5.97 Å². The SMILES string of the molecule is O=C1NC(Nc2ccccc2F)S/C1=C\c1ccc(-c2ccc(Cl)c(C(=O)O)c2)o1. The number of carboxylic acids is 1. The van der Waals surface area contributed by atoms with Gasteiger partial charge in [-0.25, -0.2) is 9.18 Å². The Morgan fingerprint density at radius 1 is 1.23 bits per heavy atom. The van der Waals surface area contributed by atoms with Crippen molar-refractivity contribution < 1.29 is 23.5 Å². The monoisotopic (exact) mass is 444 g/mol. The Labute approximate surface area is 179 Å². The summed E-state index contributed by atoms with van der Waals surface area (Å²) in [7, 11) is 0. The first-order valence-corrected chi connectivity index (χ1v) is 10.00. The number of carboxylic acid groups (broad SMARTS) is 1. The number of para-hydroxylation sites is 1. The number of hydrogen-bond acceptors (Lipinski definition) is 5. The first-order valence-electron chi connectivity index (χ1n) is 8.74. The molecule has 1 atom stereocenters. The van der Waals surface area contributed by atoms with Crippen LogP contribution in [0.5, 0.6) is 0 Å². The molecule has 30 heavy (non-hydrogen) atoms. The highest BCUT2D eigenvalue weighted by Crippen LogP contribution is 2.32. The fourth-order valence-electron chi connectivity index (χ4n) is 2.84. The molecule has 4 rings (SSSR count). The van der Waals surface area contributed by atoms with E-state index in [-0.39, 0.29) is 22.2 Å². The zero-order valence-electron chi connectivity index (χ0n) is 15.2. The fourth-order valence-corrected chi connectivity index (χ4v) is 4.00. The maximum Gasteiger partial charge on any atom is 0.337 e. The quantitative estimate of drug-likeness (QED) is 0.478. The van der Waals surface area contributed by atoms with Crippen LogP contribution < -0.4 is 10.6 Å². The first kappa shape index (κ1) is 20.1. The molecule has 1 aromatic heterocycles. The molecule has 2 heterocycles. The van der Waals surface area contributed by atoms with Crippen LogP contribution in [0.25, 0.3) is 17.4 Å². The molecule has 1 unspecified atom stereocenters. The Kier molecular flexibility index (Phi) is 5.52. The van der Waals surface area contributed by atoms with Crippen LogP contribution in [0.3, 0.4) is 0 Å². The number of amides is 1. The van der Waals surface area contributed by atoms with Gasteiger partial charge in [-0.05, 0) is 42.5 Å². The predicted octanol–water partition coefficient (Wildman–Crippen LogP) is 5.04. The molecule has 1 amide bonds. The van der Waals surface area contributed by atoms with Crippen LogP contribution in [0.4, 0.5) is 10.1 Å². The number of carbonyl (C=O) groups is 2.